The number of nitrogens with one attached hydrogen (secondary N) is 2. The van der Waals surface area contributed by atoms with Crippen molar-refractivity contribution in [2.75, 3.05) is 32.7 Å². The fourth-order valence-electron chi connectivity index (χ4n) is 4.34. The van der Waals surface area contributed by atoms with Crippen molar-refractivity contribution in [1.82, 2.24) is 20.4 Å². The molecule has 5 nitrogen and oxygen atoms in total. The van der Waals surface area contributed by atoms with E-state index in [1.54, 1.807) is 18.2 Å². The van der Waals surface area contributed by atoms with Gasteiger partial charge >= 0.3 is 0 Å². The van der Waals surface area contributed by atoms with Crippen LogP contribution >= 0.6 is 0 Å². The first-order chi connectivity index (χ1) is 15.0. The third-order valence-corrected chi connectivity index (χ3v) is 6.04. The minimum absolute atomic E-state index is 0.0510. The highest BCUT2D eigenvalue weighted by atomic mass is 19.1. The molecule has 2 fully saturated rings. The van der Waals surface area contributed by atoms with Crippen molar-refractivity contribution in [1.29, 1.82) is 0 Å². The highest BCUT2D eigenvalue weighted by Gasteiger charge is 2.39. The number of amides is 1. The maximum absolute atomic E-state index is 14.3. The molecule has 2 aliphatic rings. The van der Waals surface area contributed by atoms with Crippen LogP contribution in [-0.2, 0) is 17.9 Å². The van der Waals surface area contributed by atoms with Crippen LogP contribution in [0.15, 0.2) is 42.5 Å². The van der Waals surface area contributed by atoms with Gasteiger partial charge in [0.1, 0.15) is 17.5 Å². The molecule has 2 N–H and O–H groups in total. The van der Waals surface area contributed by atoms with Crippen molar-refractivity contribution in [2.45, 2.75) is 31.6 Å². The van der Waals surface area contributed by atoms with Crippen LogP contribution in [0.2, 0.25) is 0 Å². The van der Waals surface area contributed by atoms with Gasteiger partial charge in [-0.15, -0.1) is 0 Å². The summed E-state index contributed by atoms with van der Waals surface area (Å²) in [5, 5.41) is 6.54. The molecule has 0 spiro atoms. The van der Waals surface area contributed by atoms with Gasteiger partial charge in [-0.3, -0.25) is 9.69 Å². The molecule has 2 unspecified atom stereocenters. The fourth-order valence-corrected chi connectivity index (χ4v) is 4.34. The zero-order valence-corrected chi connectivity index (χ0v) is 17.3. The Morgan fingerprint density at radius 3 is 2.55 bits per heavy atom. The number of piperazine rings is 1. The summed E-state index contributed by atoms with van der Waals surface area (Å²) in [5.41, 5.74) is 0.921. The summed E-state index contributed by atoms with van der Waals surface area (Å²) in [7, 11) is 0. The molecule has 0 aromatic heterocycles. The Bertz CT molecular complexity index is 919. The summed E-state index contributed by atoms with van der Waals surface area (Å²) in [5.74, 6) is -1.45. The SMILES string of the molecule is O=C(C1CC(NCc2ccc(F)cc2F)CN1Cc1ccccc1F)N1CCNCC1. The molecule has 2 aromatic carbocycles. The maximum atomic E-state index is 14.3. The van der Waals surface area contributed by atoms with Crippen LogP contribution in [0.1, 0.15) is 17.5 Å². The van der Waals surface area contributed by atoms with Crippen LogP contribution in [0.4, 0.5) is 13.2 Å². The molecule has 166 valence electrons. The third kappa shape index (κ3) is 5.26. The minimum atomic E-state index is -0.611. The minimum Gasteiger partial charge on any atom is -0.339 e. The molecule has 0 radical (unpaired) electrons. The first kappa shape index (κ1) is 21.8. The smallest absolute Gasteiger partial charge is 0.240 e. The van der Waals surface area contributed by atoms with Crippen LogP contribution in [-0.4, -0.2) is 60.5 Å². The Morgan fingerprint density at radius 1 is 1.03 bits per heavy atom. The second kappa shape index (κ2) is 9.80. The molecule has 31 heavy (non-hydrogen) atoms. The number of carbonyl (C=O) groups excluding carboxylic acids is 1. The Kier molecular flexibility index (Phi) is 6.89. The van der Waals surface area contributed by atoms with E-state index in [0.29, 0.717) is 43.7 Å². The van der Waals surface area contributed by atoms with Gasteiger partial charge in [-0.1, -0.05) is 24.3 Å². The van der Waals surface area contributed by atoms with Gasteiger partial charge in [0.15, 0.2) is 0 Å². The molecule has 2 aliphatic heterocycles. The van der Waals surface area contributed by atoms with Gasteiger partial charge in [0, 0.05) is 69.0 Å². The lowest BCUT2D eigenvalue weighted by Gasteiger charge is -2.32. The molecule has 2 atom stereocenters. The van der Waals surface area contributed by atoms with Crippen LogP contribution in [0, 0.1) is 17.5 Å². The molecule has 0 aliphatic carbocycles. The fraction of sp³-hybridized carbons (Fsp3) is 0.435. The van der Waals surface area contributed by atoms with Gasteiger partial charge in [-0.2, -0.15) is 0 Å². The van der Waals surface area contributed by atoms with E-state index in [4.69, 9.17) is 0 Å². The third-order valence-electron chi connectivity index (χ3n) is 6.04. The van der Waals surface area contributed by atoms with Crippen molar-refractivity contribution in [2.24, 2.45) is 0 Å². The number of likely N-dealkylation sites (tertiary alicyclic amines) is 1. The molecule has 1 amide bonds. The average molecular weight is 432 g/mol. The largest absolute Gasteiger partial charge is 0.339 e. The van der Waals surface area contributed by atoms with Gasteiger partial charge in [0.05, 0.1) is 6.04 Å². The van der Waals surface area contributed by atoms with E-state index in [2.05, 4.69) is 10.6 Å². The Morgan fingerprint density at radius 2 is 1.81 bits per heavy atom. The summed E-state index contributed by atoms with van der Waals surface area (Å²) < 4.78 is 41.4. The number of nitrogens with zero attached hydrogens (tertiary/aromatic N) is 2. The monoisotopic (exact) mass is 432 g/mol. The molecule has 0 saturated carbocycles. The van der Waals surface area contributed by atoms with E-state index in [9.17, 15) is 18.0 Å². The van der Waals surface area contributed by atoms with Crippen molar-refractivity contribution < 1.29 is 18.0 Å². The summed E-state index contributed by atoms with van der Waals surface area (Å²) in [6.07, 6.45) is 0.556. The normalized spacial score (nSPS) is 22.1. The van der Waals surface area contributed by atoms with E-state index in [1.165, 1.54) is 18.2 Å². The molecule has 2 saturated heterocycles. The van der Waals surface area contributed by atoms with Crippen molar-refractivity contribution >= 4 is 5.91 Å². The zero-order chi connectivity index (χ0) is 21.8. The van der Waals surface area contributed by atoms with Gasteiger partial charge in [-0.05, 0) is 18.6 Å². The number of benzene rings is 2. The molecular weight excluding hydrogens is 405 g/mol. The molecule has 8 heteroatoms. The maximum Gasteiger partial charge on any atom is 0.240 e. The van der Waals surface area contributed by atoms with E-state index < -0.39 is 11.6 Å². The highest BCUT2D eigenvalue weighted by molar-refractivity contribution is 5.82. The molecular formula is C23H27F3N4O. The Hall–Kier alpha value is -2.42. The average Bonchev–Trinajstić information content (AvgIpc) is 3.17. The molecule has 2 aromatic rings. The lowest BCUT2D eigenvalue weighted by atomic mass is 10.1. The van der Waals surface area contributed by atoms with Crippen molar-refractivity contribution in [3.63, 3.8) is 0 Å². The number of hydrogen-bond acceptors (Lipinski definition) is 4. The van der Waals surface area contributed by atoms with Crippen LogP contribution in [0.3, 0.4) is 0 Å². The number of halogens is 3. The standard InChI is InChI=1S/C23H27F3N4O/c24-18-6-5-16(21(26)11-18)13-28-19-12-22(23(31)29-9-7-27-8-10-29)30(15-19)14-17-3-1-2-4-20(17)25/h1-6,11,19,22,27-28H,7-10,12-15H2. The van der Waals surface area contributed by atoms with E-state index in [-0.39, 0.29) is 30.4 Å². The quantitative estimate of drug-likeness (QED) is 0.736. The van der Waals surface area contributed by atoms with Gasteiger partial charge in [0.25, 0.3) is 0 Å². The number of rotatable bonds is 6. The van der Waals surface area contributed by atoms with E-state index >= 15 is 0 Å². The molecule has 0 bridgehead atoms. The Balaban J connectivity index is 1.46. The highest BCUT2D eigenvalue weighted by Crippen LogP contribution is 2.24. The van der Waals surface area contributed by atoms with Gasteiger partial charge < -0.3 is 15.5 Å². The van der Waals surface area contributed by atoms with E-state index in [1.807, 2.05) is 9.80 Å². The lowest BCUT2D eigenvalue weighted by Crippen LogP contribution is -2.52. The predicted molar refractivity (Wildman–Crippen MR) is 112 cm³/mol. The first-order valence-electron chi connectivity index (χ1n) is 10.7. The topological polar surface area (TPSA) is 47.6 Å². The number of carbonyl (C=O) groups is 1. The first-order valence-corrected chi connectivity index (χ1v) is 10.7. The summed E-state index contributed by atoms with van der Waals surface area (Å²) in [6.45, 7) is 3.94. The van der Waals surface area contributed by atoms with Crippen LogP contribution in [0.5, 0.6) is 0 Å². The Labute approximate surface area is 180 Å². The number of hydrogen-bond donors (Lipinski definition) is 2. The summed E-state index contributed by atoms with van der Waals surface area (Å²) >= 11 is 0. The van der Waals surface area contributed by atoms with Gasteiger partial charge in [0.2, 0.25) is 5.91 Å². The van der Waals surface area contributed by atoms with E-state index in [0.717, 1.165) is 19.2 Å². The second-order valence-corrected chi connectivity index (χ2v) is 8.16. The molecule has 2 heterocycles. The molecule has 4 rings (SSSR count). The summed E-state index contributed by atoms with van der Waals surface area (Å²) in [4.78, 5) is 17.1. The lowest BCUT2D eigenvalue weighted by molar-refractivity contribution is -0.136. The van der Waals surface area contributed by atoms with Crippen LogP contribution < -0.4 is 10.6 Å². The van der Waals surface area contributed by atoms with Crippen LogP contribution in [0.25, 0.3) is 0 Å². The van der Waals surface area contributed by atoms with Crippen molar-refractivity contribution in [3.8, 4) is 0 Å². The summed E-state index contributed by atoms with van der Waals surface area (Å²) in [6, 6.07) is 9.68. The van der Waals surface area contributed by atoms with Crippen molar-refractivity contribution in [3.05, 3.63) is 71.0 Å². The second-order valence-electron chi connectivity index (χ2n) is 8.16. The van der Waals surface area contributed by atoms with Gasteiger partial charge in [-0.25, -0.2) is 13.2 Å². The predicted octanol–water partition coefficient (Wildman–Crippen LogP) is 2.27. The zero-order valence-electron chi connectivity index (χ0n) is 17.3.